The Bertz CT molecular complexity index is 1280. The lowest BCUT2D eigenvalue weighted by atomic mass is 10.2. The van der Waals surface area contributed by atoms with E-state index in [0.717, 1.165) is 24.2 Å². The quantitative estimate of drug-likeness (QED) is 0.304. The molecular weight excluding hydrogens is 515 g/mol. The lowest BCUT2D eigenvalue weighted by molar-refractivity contribution is -0.122. The van der Waals surface area contributed by atoms with Crippen molar-refractivity contribution in [3.05, 3.63) is 76.3 Å². The predicted octanol–water partition coefficient (Wildman–Crippen LogP) is 6.29. The van der Waals surface area contributed by atoms with Gasteiger partial charge in [-0.05, 0) is 80.8 Å². The fraction of sp³-hybridized carbons (Fsp3) is 0.286. The van der Waals surface area contributed by atoms with E-state index in [0.29, 0.717) is 46.1 Å². The van der Waals surface area contributed by atoms with E-state index in [-0.39, 0.29) is 18.4 Å². The first-order valence-electron chi connectivity index (χ1n) is 12.0. The molecule has 194 valence electrons. The molecule has 0 spiro atoms. The highest BCUT2D eigenvalue weighted by Crippen LogP contribution is 2.35. The molecule has 0 saturated heterocycles. The topological polar surface area (TPSA) is 77.1 Å². The Balaban J connectivity index is 1.34. The maximum Gasteiger partial charge on any atom is 0.265 e. The van der Waals surface area contributed by atoms with E-state index in [4.69, 9.17) is 37.4 Å². The van der Waals surface area contributed by atoms with E-state index in [1.165, 1.54) is 0 Å². The molecule has 1 aliphatic rings. The van der Waals surface area contributed by atoms with Crippen LogP contribution in [0, 0.1) is 6.92 Å². The summed E-state index contributed by atoms with van der Waals surface area (Å²) in [5.41, 5.74) is 2.28. The summed E-state index contributed by atoms with van der Waals surface area (Å²) in [6.45, 7) is 4.69. The van der Waals surface area contributed by atoms with Gasteiger partial charge >= 0.3 is 0 Å². The second-order valence-electron chi connectivity index (χ2n) is 8.71. The van der Waals surface area contributed by atoms with E-state index in [9.17, 15) is 9.59 Å². The summed E-state index contributed by atoms with van der Waals surface area (Å²) in [5, 5.41) is 3.62. The largest absolute Gasteiger partial charge is 0.494 e. The number of fused-ring (bicyclic) bond motifs is 1. The number of nitrogens with one attached hydrogen (secondary N) is 1. The van der Waals surface area contributed by atoms with Crippen molar-refractivity contribution in [2.75, 3.05) is 30.0 Å². The van der Waals surface area contributed by atoms with Crippen molar-refractivity contribution < 1.29 is 23.8 Å². The van der Waals surface area contributed by atoms with Crippen LogP contribution >= 0.6 is 23.2 Å². The lowest BCUT2D eigenvalue weighted by Crippen LogP contribution is -2.39. The molecule has 3 aromatic rings. The number of benzene rings is 3. The molecule has 1 N–H and O–H groups in total. The third-order valence-corrected chi connectivity index (χ3v) is 6.30. The van der Waals surface area contributed by atoms with Gasteiger partial charge in [-0.2, -0.15) is 0 Å². The molecular formula is C28H28Cl2N2O5. The number of halogens is 2. The zero-order chi connectivity index (χ0) is 26.4. The van der Waals surface area contributed by atoms with Crippen LogP contribution in [0.3, 0.4) is 0 Å². The van der Waals surface area contributed by atoms with Crippen LogP contribution in [-0.4, -0.2) is 37.7 Å². The zero-order valence-electron chi connectivity index (χ0n) is 20.6. The molecule has 1 heterocycles. The Hall–Kier alpha value is -3.42. The summed E-state index contributed by atoms with van der Waals surface area (Å²) in [6, 6.07) is 17.9. The van der Waals surface area contributed by atoms with Gasteiger partial charge in [0, 0.05) is 17.3 Å². The van der Waals surface area contributed by atoms with Gasteiger partial charge in [0.2, 0.25) is 0 Å². The average Bonchev–Trinajstić information content (AvgIpc) is 2.86. The number of amides is 2. The number of hydrogen-bond acceptors (Lipinski definition) is 5. The summed E-state index contributed by atoms with van der Waals surface area (Å²) < 4.78 is 17.1. The Kier molecular flexibility index (Phi) is 8.79. The second kappa shape index (κ2) is 12.2. The molecule has 2 amide bonds. The maximum absolute atomic E-state index is 12.8. The summed E-state index contributed by atoms with van der Waals surface area (Å²) in [5.74, 6) is 1.28. The lowest BCUT2D eigenvalue weighted by Gasteiger charge is -2.30. The summed E-state index contributed by atoms with van der Waals surface area (Å²) in [6.07, 6.45) is 0.712. The molecule has 0 aromatic heterocycles. The molecule has 37 heavy (non-hydrogen) atoms. The smallest absolute Gasteiger partial charge is 0.265 e. The van der Waals surface area contributed by atoms with Crippen LogP contribution in [0.4, 0.5) is 11.4 Å². The normalized spacial score (nSPS) is 13.4. The fourth-order valence-electron chi connectivity index (χ4n) is 3.85. The molecule has 0 radical (unpaired) electrons. The number of aryl methyl sites for hydroxylation is 1. The summed E-state index contributed by atoms with van der Waals surface area (Å²) in [4.78, 5) is 27.1. The monoisotopic (exact) mass is 542 g/mol. The van der Waals surface area contributed by atoms with Crippen LogP contribution in [0.5, 0.6) is 17.2 Å². The van der Waals surface area contributed by atoms with Gasteiger partial charge < -0.3 is 24.4 Å². The molecule has 4 rings (SSSR count). The highest BCUT2D eigenvalue weighted by molar-refractivity contribution is 6.35. The Labute approximate surface area is 226 Å². The van der Waals surface area contributed by atoms with Crippen molar-refractivity contribution in [3.8, 4) is 17.2 Å². The van der Waals surface area contributed by atoms with Crippen LogP contribution in [0.15, 0.2) is 60.7 Å². The van der Waals surface area contributed by atoms with Crippen molar-refractivity contribution in [3.63, 3.8) is 0 Å². The molecule has 1 unspecified atom stereocenters. The minimum Gasteiger partial charge on any atom is -0.494 e. The van der Waals surface area contributed by atoms with Crippen molar-refractivity contribution in [2.45, 2.75) is 32.8 Å². The Morgan fingerprint density at radius 2 is 1.95 bits per heavy atom. The van der Waals surface area contributed by atoms with Gasteiger partial charge in [-0.3, -0.25) is 9.59 Å². The summed E-state index contributed by atoms with van der Waals surface area (Å²) >= 11 is 12.1. The first-order chi connectivity index (χ1) is 17.8. The van der Waals surface area contributed by atoms with Gasteiger partial charge in [-0.1, -0.05) is 35.3 Å². The van der Waals surface area contributed by atoms with E-state index in [2.05, 4.69) is 5.32 Å². The number of unbranched alkanes of at least 4 members (excludes halogenated alkanes) is 1. The minimum atomic E-state index is -0.822. The molecule has 3 aromatic carbocycles. The van der Waals surface area contributed by atoms with E-state index >= 15 is 0 Å². The first-order valence-corrected chi connectivity index (χ1v) is 12.7. The number of hydrogen-bond donors (Lipinski definition) is 1. The molecule has 1 aliphatic heterocycles. The number of nitrogens with zero attached hydrogens (tertiary/aromatic N) is 1. The number of carbonyl (C=O) groups is 2. The van der Waals surface area contributed by atoms with Gasteiger partial charge in [0.25, 0.3) is 11.8 Å². The molecule has 1 atom stereocenters. The molecule has 7 nitrogen and oxygen atoms in total. The van der Waals surface area contributed by atoms with Crippen LogP contribution in [-0.2, 0) is 9.59 Å². The van der Waals surface area contributed by atoms with Crippen molar-refractivity contribution in [1.29, 1.82) is 0 Å². The SMILES string of the molecule is Cc1cccc(OCCCCN2C(=O)COc3ccc(NC(=O)C(C)Oc4ccc(Cl)cc4Cl)cc32)c1. The minimum absolute atomic E-state index is 0.0226. The van der Waals surface area contributed by atoms with Gasteiger partial charge in [0.15, 0.2) is 12.7 Å². The third kappa shape index (κ3) is 7.08. The van der Waals surface area contributed by atoms with Gasteiger partial charge in [0.1, 0.15) is 17.2 Å². The Morgan fingerprint density at radius 1 is 1.11 bits per heavy atom. The van der Waals surface area contributed by atoms with Crippen LogP contribution in [0.2, 0.25) is 10.0 Å². The number of rotatable bonds is 10. The molecule has 0 aliphatic carbocycles. The second-order valence-corrected chi connectivity index (χ2v) is 9.56. The molecule has 0 fully saturated rings. The van der Waals surface area contributed by atoms with Crippen molar-refractivity contribution >= 4 is 46.4 Å². The van der Waals surface area contributed by atoms with E-state index in [1.807, 2.05) is 31.2 Å². The van der Waals surface area contributed by atoms with Crippen molar-refractivity contribution in [2.24, 2.45) is 0 Å². The number of carbonyl (C=O) groups excluding carboxylic acids is 2. The highest BCUT2D eigenvalue weighted by Gasteiger charge is 2.26. The highest BCUT2D eigenvalue weighted by atomic mass is 35.5. The first kappa shape index (κ1) is 26.6. The maximum atomic E-state index is 12.8. The van der Waals surface area contributed by atoms with E-state index < -0.39 is 6.10 Å². The summed E-state index contributed by atoms with van der Waals surface area (Å²) in [7, 11) is 0. The van der Waals surface area contributed by atoms with Crippen LogP contribution in [0.1, 0.15) is 25.3 Å². The average molecular weight is 543 g/mol. The standard InChI is InChI=1S/C28H28Cl2N2O5/c1-18-6-5-7-22(14-18)35-13-4-3-12-32-24-16-21(9-11-26(24)36-17-27(32)33)31-28(34)19(2)37-25-10-8-20(29)15-23(25)30/h5-11,14-16,19H,3-4,12-13,17H2,1-2H3,(H,31,34). The fourth-order valence-corrected chi connectivity index (χ4v) is 4.30. The van der Waals surface area contributed by atoms with Gasteiger partial charge in [0.05, 0.1) is 17.3 Å². The molecule has 9 heteroatoms. The number of anilines is 2. The Morgan fingerprint density at radius 3 is 2.73 bits per heavy atom. The molecule has 0 saturated carbocycles. The van der Waals surface area contributed by atoms with Gasteiger partial charge in [-0.15, -0.1) is 0 Å². The van der Waals surface area contributed by atoms with Gasteiger partial charge in [-0.25, -0.2) is 0 Å². The van der Waals surface area contributed by atoms with Crippen LogP contribution < -0.4 is 24.4 Å². The van der Waals surface area contributed by atoms with E-state index in [1.54, 1.807) is 48.2 Å². The molecule has 0 bridgehead atoms. The third-order valence-electron chi connectivity index (χ3n) is 5.77. The predicted molar refractivity (Wildman–Crippen MR) is 145 cm³/mol. The van der Waals surface area contributed by atoms with Crippen molar-refractivity contribution in [1.82, 2.24) is 0 Å². The zero-order valence-corrected chi connectivity index (χ0v) is 22.1. The number of ether oxygens (including phenoxy) is 3. The van der Waals surface area contributed by atoms with Crippen LogP contribution in [0.25, 0.3) is 0 Å².